The van der Waals surface area contributed by atoms with Crippen molar-refractivity contribution >= 4 is 5.78 Å². The summed E-state index contributed by atoms with van der Waals surface area (Å²) >= 11 is 0. The molecule has 0 spiro atoms. The van der Waals surface area contributed by atoms with E-state index in [2.05, 4.69) is 96.9 Å². The molecule has 0 aliphatic heterocycles. The Morgan fingerprint density at radius 2 is 0.868 bits per heavy atom. The fourth-order valence-electron chi connectivity index (χ4n) is 11.6. The van der Waals surface area contributed by atoms with Crippen molar-refractivity contribution in [2.24, 2.45) is 92.7 Å². The van der Waals surface area contributed by atoms with Gasteiger partial charge in [0.1, 0.15) is 5.78 Å². The monoisotopic (exact) mass is 527 g/mol. The van der Waals surface area contributed by atoms with Crippen molar-refractivity contribution in [2.45, 2.75) is 135 Å². The Morgan fingerprint density at radius 3 is 1.18 bits per heavy atom. The number of carbonyl (C=O) groups is 1. The first-order valence-corrected chi connectivity index (χ1v) is 16.8. The van der Waals surface area contributed by atoms with Gasteiger partial charge >= 0.3 is 0 Å². The Hall–Kier alpha value is -0.330. The van der Waals surface area contributed by atoms with Crippen molar-refractivity contribution in [3.8, 4) is 0 Å². The van der Waals surface area contributed by atoms with E-state index in [4.69, 9.17) is 0 Å². The van der Waals surface area contributed by atoms with Crippen LogP contribution in [0.25, 0.3) is 0 Å². The summed E-state index contributed by atoms with van der Waals surface area (Å²) in [5, 5.41) is 0. The molecule has 1 nitrogen and oxygen atoms in total. The normalized spacial score (nSPS) is 46.8. The van der Waals surface area contributed by atoms with Gasteiger partial charge in [0.05, 0.1) is 0 Å². The summed E-state index contributed by atoms with van der Waals surface area (Å²) in [5.74, 6) is 8.02. The van der Waals surface area contributed by atoms with Gasteiger partial charge in [-0.25, -0.2) is 0 Å². The largest absolute Gasteiger partial charge is 0.299 e. The van der Waals surface area contributed by atoms with Crippen molar-refractivity contribution in [2.75, 3.05) is 0 Å². The van der Waals surface area contributed by atoms with Crippen LogP contribution >= 0.6 is 0 Å². The number of hydrogen-bond donors (Lipinski definition) is 0. The fraction of sp³-hybridized carbons (Fsp3) is 0.973. The molecular formula is C37H66O. The molecule has 0 radical (unpaired) electrons. The number of Topliss-reactive ketones (excluding diaryl/α,β-unsaturated/α-hetero) is 1. The molecule has 0 heterocycles. The first kappa shape index (κ1) is 30.6. The molecule has 38 heavy (non-hydrogen) atoms. The average Bonchev–Trinajstić information content (AvgIpc) is 2.79. The molecule has 4 fully saturated rings. The third-order valence-corrected chi connectivity index (χ3v) is 15.0. The van der Waals surface area contributed by atoms with Gasteiger partial charge in [0, 0.05) is 11.8 Å². The molecule has 12 unspecified atom stereocenters. The zero-order valence-corrected chi connectivity index (χ0v) is 28.1. The summed E-state index contributed by atoms with van der Waals surface area (Å²) in [6.45, 7) is 34.9. The van der Waals surface area contributed by atoms with Gasteiger partial charge in [-0.05, 0) is 119 Å². The van der Waals surface area contributed by atoms with Crippen LogP contribution in [0, 0.1) is 92.7 Å². The second-order valence-electron chi connectivity index (χ2n) is 18.5. The maximum absolute atomic E-state index is 14.3. The molecule has 0 aromatic rings. The highest BCUT2D eigenvalue weighted by molar-refractivity contribution is 5.83. The van der Waals surface area contributed by atoms with Crippen LogP contribution in [-0.2, 0) is 4.79 Å². The Bertz CT molecular complexity index is 805. The molecule has 0 N–H and O–H groups in total. The Kier molecular flexibility index (Phi) is 7.97. The lowest BCUT2D eigenvalue weighted by Gasteiger charge is -2.61. The van der Waals surface area contributed by atoms with E-state index in [0.717, 1.165) is 35.5 Å². The van der Waals surface area contributed by atoms with Gasteiger partial charge in [-0.1, -0.05) is 96.9 Å². The number of ketones is 1. The van der Waals surface area contributed by atoms with E-state index < -0.39 is 0 Å². The van der Waals surface area contributed by atoms with Crippen molar-refractivity contribution < 1.29 is 4.79 Å². The average molecular weight is 527 g/mol. The van der Waals surface area contributed by atoms with Gasteiger partial charge in [-0.2, -0.15) is 0 Å². The SMILES string of the molecule is CC1CC2C(CC1C(C)C(=O)C(C)C1CC3C(CC1C)C(C)(C)C(C)CC3(C)C)C(C)(C)CC(C)C2(C)C. The topological polar surface area (TPSA) is 17.1 Å². The smallest absolute Gasteiger partial charge is 0.139 e. The predicted molar refractivity (Wildman–Crippen MR) is 164 cm³/mol. The van der Waals surface area contributed by atoms with Gasteiger partial charge in [0.15, 0.2) is 0 Å². The third kappa shape index (κ3) is 4.89. The summed E-state index contributed by atoms with van der Waals surface area (Å²) < 4.78 is 0. The summed E-state index contributed by atoms with van der Waals surface area (Å²) in [4.78, 5) is 14.3. The Morgan fingerprint density at radius 1 is 0.553 bits per heavy atom. The minimum atomic E-state index is 0.194. The van der Waals surface area contributed by atoms with Crippen LogP contribution in [-0.4, -0.2) is 5.78 Å². The Balaban J connectivity index is 1.51. The molecule has 0 amide bonds. The molecule has 0 aromatic carbocycles. The van der Waals surface area contributed by atoms with E-state index in [0.29, 0.717) is 51.1 Å². The minimum Gasteiger partial charge on any atom is -0.299 e. The summed E-state index contributed by atoms with van der Waals surface area (Å²) in [7, 11) is 0. The highest BCUT2D eigenvalue weighted by Gasteiger charge is 2.57. The molecule has 4 saturated carbocycles. The van der Waals surface area contributed by atoms with Crippen LogP contribution in [0.3, 0.4) is 0 Å². The molecule has 4 aliphatic rings. The van der Waals surface area contributed by atoms with E-state index >= 15 is 0 Å². The maximum atomic E-state index is 14.3. The molecule has 1 heteroatoms. The summed E-state index contributed by atoms with van der Waals surface area (Å²) in [6.07, 6.45) is 7.80. The number of rotatable bonds is 4. The quantitative estimate of drug-likeness (QED) is 0.356. The van der Waals surface area contributed by atoms with E-state index in [-0.39, 0.29) is 11.8 Å². The Labute approximate surface area is 238 Å². The van der Waals surface area contributed by atoms with Gasteiger partial charge in [0.2, 0.25) is 0 Å². The standard InChI is InChI=1S/C37H66O/c1-21-15-31-29(34(7,8)19-23(3)36(31,11)12)17-27(21)25(5)33(38)26(6)28-18-30-32(16-22(28)2)37(13,14)24(4)20-35(30,9)10/h21-32H,15-20H2,1-14H3. The van der Waals surface area contributed by atoms with Crippen LogP contribution in [0.4, 0.5) is 0 Å². The predicted octanol–water partition coefficient (Wildman–Crippen LogP) is 10.6. The van der Waals surface area contributed by atoms with Crippen LogP contribution < -0.4 is 0 Å². The van der Waals surface area contributed by atoms with Crippen LogP contribution in [0.15, 0.2) is 0 Å². The molecule has 4 rings (SSSR count). The van der Waals surface area contributed by atoms with Crippen molar-refractivity contribution in [3.05, 3.63) is 0 Å². The second-order valence-corrected chi connectivity index (χ2v) is 18.5. The number of hydrogen-bond acceptors (Lipinski definition) is 1. The molecule has 12 atom stereocenters. The molecule has 0 aromatic heterocycles. The highest BCUT2D eigenvalue weighted by atomic mass is 16.1. The minimum absolute atomic E-state index is 0.194. The van der Waals surface area contributed by atoms with Crippen LogP contribution in [0.2, 0.25) is 0 Å². The zero-order chi connectivity index (χ0) is 28.7. The molecule has 220 valence electrons. The maximum Gasteiger partial charge on any atom is 0.139 e. The van der Waals surface area contributed by atoms with E-state index in [1.807, 2.05) is 0 Å². The van der Waals surface area contributed by atoms with Gasteiger partial charge in [0.25, 0.3) is 0 Å². The van der Waals surface area contributed by atoms with Crippen molar-refractivity contribution in [1.82, 2.24) is 0 Å². The van der Waals surface area contributed by atoms with Crippen molar-refractivity contribution in [1.29, 1.82) is 0 Å². The van der Waals surface area contributed by atoms with Gasteiger partial charge < -0.3 is 0 Å². The second kappa shape index (κ2) is 9.89. The first-order chi connectivity index (χ1) is 17.2. The molecular weight excluding hydrogens is 460 g/mol. The van der Waals surface area contributed by atoms with Crippen molar-refractivity contribution in [3.63, 3.8) is 0 Å². The first-order valence-electron chi connectivity index (χ1n) is 16.8. The number of fused-ring (bicyclic) bond motifs is 2. The summed E-state index contributed by atoms with van der Waals surface area (Å²) in [6, 6.07) is 0. The lowest BCUT2D eigenvalue weighted by molar-refractivity contribution is -0.143. The van der Waals surface area contributed by atoms with Crippen LogP contribution in [0.5, 0.6) is 0 Å². The van der Waals surface area contributed by atoms with E-state index in [1.165, 1.54) is 38.5 Å². The molecule has 0 bridgehead atoms. The molecule has 0 saturated heterocycles. The number of carbonyl (C=O) groups excluding carboxylic acids is 1. The summed E-state index contributed by atoms with van der Waals surface area (Å²) in [5.41, 5.74) is 1.59. The van der Waals surface area contributed by atoms with E-state index in [9.17, 15) is 4.79 Å². The lowest BCUT2D eigenvalue weighted by atomic mass is 9.44. The third-order valence-electron chi connectivity index (χ3n) is 15.0. The van der Waals surface area contributed by atoms with Gasteiger partial charge in [-0.3, -0.25) is 4.79 Å². The lowest BCUT2D eigenvalue weighted by Crippen LogP contribution is -2.54. The molecule has 4 aliphatic carbocycles. The van der Waals surface area contributed by atoms with E-state index in [1.54, 1.807) is 0 Å². The highest BCUT2D eigenvalue weighted by Crippen LogP contribution is 2.64. The van der Waals surface area contributed by atoms with Gasteiger partial charge in [-0.15, -0.1) is 0 Å². The zero-order valence-electron chi connectivity index (χ0n) is 28.1. The van der Waals surface area contributed by atoms with Crippen LogP contribution in [0.1, 0.15) is 135 Å². The fourth-order valence-corrected chi connectivity index (χ4v) is 11.6.